The number of benzene rings is 1. The number of carbonyl (C=O) groups is 2. The van der Waals surface area contributed by atoms with Gasteiger partial charge in [-0.2, -0.15) is 0 Å². The van der Waals surface area contributed by atoms with E-state index in [0.717, 1.165) is 0 Å². The van der Waals surface area contributed by atoms with Gasteiger partial charge in [-0.1, -0.05) is 15.9 Å². The number of anilines is 1. The van der Waals surface area contributed by atoms with Gasteiger partial charge in [-0.3, -0.25) is 0 Å². The third-order valence-corrected chi connectivity index (χ3v) is 3.56. The predicted octanol–water partition coefficient (Wildman–Crippen LogP) is 3.46. The smallest absolute Gasteiger partial charge is 0.337 e. The summed E-state index contributed by atoms with van der Waals surface area (Å²) in [6.07, 6.45) is 0.689. The Morgan fingerprint density at radius 1 is 1.33 bits per heavy atom. The molecule has 116 valence electrons. The highest BCUT2D eigenvalue weighted by Gasteiger charge is 2.16. The largest absolute Gasteiger partial charge is 0.478 e. The molecule has 0 heterocycles. The summed E-state index contributed by atoms with van der Waals surface area (Å²) in [5.41, 5.74) is 0.216. The van der Waals surface area contributed by atoms with Crippen molar-refractivity contribution in [2.24, 2.45) is 0 Å². The molecule has 1 rings (SSSR count). The molecule has 8 heteroatoms. The average molecular weight is 424 g/mol. The van der Waals surface area contributed by atoms with Gasteiger partial charge in [0.05, 0.1) is 11.3 Å². The molecule has 0 aromatic heterocycles. The van der Waals surface area contributed by atoms with Gasteiger partial charge in [0.25, 0.3) is 0 Å². The van der Waals surface area contributed by atoms with Crippen LogP contribution in [0.25, 0.3) is 0 Å². The molecule has 0 bridgehead atoms. The number of hydrogen-bond acceptors (Lipinski definition) is 3. The topological polar surface area (TPSA) is 87.7 Å². The molecular formula is C13H16Br2N2O4. The Balaban J connectivity index is 2.65. The highest BCUT2D eigenvalue weighted by atomic mass is 79.9. The van der Waals surface area contributed by atoms with Crippen LogP contribution in [0.1, 0.15) is 23.7 Å². The first-order valence-corrected chi connectivity index (χ1v) is 7.89. The molecule has 0 radical (unpaired) electrons. The maximum atomic E-state index is 11.8. The fraction of sp³-hybridized carbons (Fsp3) is 0.385. The van der Waals surface area contributed by atoms with E-state index in [1.165, 1.54) is 6.07 Å². The van der Waals surface area contributed by atoms with E-state index in [2.05, 4.69) is 42.5 Å². The van der Waals surface area contributed by atoms with Crippen molar-refractivity contribution in [2.45, 2.75) is 13.3 Å². The summed E-state index contributed by atoms with van der Waals surface area (Å²) in [6.45, 7) is 3.56. The number of carbonyl (C=O) groups excluding carboxylic acids is 1. The summed E-state index contributed by atoms with van der Waals surface area (Å²) >= 11 is 6.45. The second-order valence-corrected chi connectivity index (χ2v) is 5.82. The Kier molecular flexibility index (Phi) is 7.69. The zero-order chi connectivity index (χ0) is 15.8. The molecule has 0 spiro atoms. The zero-order valence-electron chi connectivity index (χ0n) is 11.4. The van der Waals surface area contributed by atoms with Gasteiger partial charge >= 0.3 is 12.0 Å². The van der Waals surface area contributed by atoms with Gasteiger partial charge in [0.1, 0.15) is 0 Å². The normalized spacial score (nSPS) is 10.2. The van der Waals surface area contributed by atoms with Crippen molar-refractivity contribution >= 4 is 49.5 Å². The van der Waals surface area contributed by atoms with Crippen LogP contribution in [0.3, 0.4) is 0 Å². The lowest BCUT2D eigenvalue weighted by atomic mass is 10.2. The molecule has 0 aliphatic rings. The maximum Gasteiger partial charge on any atom is 0.337 e. The van der Waals surface area contributed by atoms with Crippen LogP contribution in [-0.2, 0) is 4.74 Å². The van der Waals surface area contributed by atoms with Gasteiger partial charge in [0, 0.05) is 28.7 Å². The first-order chi connectivity index (χ1) is 9.95. The molecular weight excluding hydrogens is 408 g/mol. The average Bonchev–Trinajstić information content (AvgIpc) is 2.41. The summed E-state index contributed by atoms with van der Waals surface area (Å²) in [5, 5.41) is 14.4. The number of urea groups is 1. The highest BCUT2D eigenvalue weighted by Crippen LogP contribution is 2.30. The van der Waals surface area contributed by atoms with E-state index in [4.69, 9.17) is 4.74 Å². The summed E-state index contributed by atoms with van der Waals surface area (Å²) in [7, 11) is 0. The number of rotatable bonds is 7. The van der Waals surface area contributed by atoms with Crippen LogP contribution in [0.4, 0.5) is 10.5 Å². The van der Waals surface area contributed by atoms with E-state index >= 15 is 0 Å². The van der Waals surface area contributed by atoms with E-state index in [9.17, 15) is 14.7 Å². The standard InChI is InChI=1S/C13H16Br2N2O4/c1-2-21-5-3-4-16-13(20)17-11-9(12(18)19)6-8(14)7-10(11)15/h6-7H,2-5H2,1H3,(H,18,19)(H2,16,17,20). The zero-order valence-corrected chi connectivity index (χ0v) is 14.6. The van der Waals surface area contributed by atoms with E-state index in [1.807, 2.05) is 6.92 Å². The molecule has 1 aromatic carbocycles. The second kappa shape index (κ2) is 9.01. The number of nitrogens with one attached hydrogen (secondary N) is 2. The van der Waals surface area contributed by atoms with Crippen LogP contribution in [0.5, 0.6) is 0 Å². The summed E-state index contributed by atoms with van der Waals surface area (Å²) in [6, 6.07) is 2.63. The molecule has 0 aliphatic heterocycles. The fourth-order valence-corrected chi connectivity index (χ4v) is 2.87. The fourth-order valence-electron chi connectivity index (χ4n) is 1.55. The molecule has 0 aliphatic carbocycles. The first-order valence-electron chi connectivity index (χ1n) is 6.30. The lowest BCUT2D eigenvalue weighted by Crippen LogP contribution is -2.30. The molecule has 0 unspecified atom stereocenters. The van der Waals surface area contributed by atoms with Crippen LogP contribution >= 0.6 is 31.9 Å². The molecule has 2 amide bonds. The molecule has 1 aromatic rings. The maximum absolute atomic E-state index is 11.8. The van der Waals surface area contributed by atoms with Crippen molar-refractivity contribution < 1.29 is 19.4 Å². The Hall–Kier alpha value is -1.12. The predicted molar refractivity (Wildman–Crippen MR) is 86.9 cm³/mol. The Morgan fingerprint density at radius 2 is 2.05 bits per heavy atom. The van der Waals surface area contributed by atoms with E-state index in [-0.39, 0.29) is 11.3 Å². The van der Waals surface area contributed by atoms with Gasteiger partial charge in [0.15, 0.2) is 0 Å². The number of carboxylic acid groups (broad SMARTS) is 1. The van der Waals surface area contributed by atoms with Gasteiger partial charge in [0.2, 0.25) is 0 Å². The Labute approximate surface area is 139 Å². The number of hydrogen-bond donors (Lipinski definition) is 3. The number of amides is 2. The van der Waals surface area contributed by atoms with Crippen molar-refractivity contribution in [3.8, 4) is 0 Å². The van der Waals surface area contributed by atoms with Crippen LogP contribution in [-0.4, -0.2) is 36.9 Å². The Bertz CT molecular complexity index is 523. The third kappa shape index (κ3) is 6.03. The quantitative estimate of drug-likeness (QED) is 0.586. The minimum Gasteiger partial charge on any atom is -0.478 e. The van der Waals surface area contributed by atoms with Crippen LogP contribution < -0.4 is 10.6 Å². The molecule has 6 nitrogen and oxygen atoms in total. The van der Waals surface area contributed by atoms with Crippen LogP contribution in [0.15, 0.2) is 21.1 Å². The Morgan fingerprint density at radius 3 is 2.67 bits per heavy atom. The number of carboxylic acids is 1. The van der Waals surface area contributed by atoms with E-state index in [1.54, 1.807) is 6.07 Å². The van der Waals surface area contributed by atoms with Crippen molar-refractivity contribution in [3.63, 3.8) is 0 Å². The van der Waals surface area contributed by atoms with Crippen LogP contribution in [0.2, 0.25) is 0 Å². The first kappa shape index (κ1) is 17.9. The number of halogens is 2. The monoisotopic (exact) mass is 422 g/mol. The van der Waals surface area contributed by atoms with Crippen molar-refractivity contribution in [3.05, 3.63) is 26.6 Å². The number of aromatic carboxylic acids is 1. The lowest BCUT2D eigenvalue weighted by Gasteiger charge is -2.12. The number of ether oxygens (including phenoxy) is 1. The lowest BCUT2D eigenvalue weighted by molar-refractivity contribution is 0.0698. The SMILES string of the molecule is CCOCCCNC(=O)Nc1c(Br)cc(Br)cc1C(=O)O. The van der Waals surface area contributed by atoms with Crippen molar-refractivity contribution in [1.29, 1.82) is 0 Å². The van der Waals surface area contributed by atoms with Crippen molar-refractivity contribution in [2.75, 3.05) is 25.1 Å². The summed E-state index contributed by atoms with van der Waals surface area (Å²) in [4.78, 5) is 23.0. The molecule has 3 N–H and O–H groups in total. The third-order valence-electron chi connectivity index (χ3n) is 2.48. The highest BCUT2D eigenvalue weighted by molar-refractivity contribution is 9.11. The molecule has 21 heavy (non-hydrogen) atoms. The second-order valence-electron chi connectivity index (χ2n) is 4.05. The minimum atomic E-state index is -1.12. The van der Waals surface area contributed by atoms with Gasteiger partial charge < -0.3 is 20.5 Å². The van der Waals surface area contributed by atoms with E-state index in [0.29, 0.717) is 35.1 Å². The van der Waals surface area contributed by atoms with Gasteiger partial charge in [-0.05, 0) is 41.4 Å². The molecule has 0 saturated carbocycles. The molecule has 0 fully saturated rings. The van der Waals surface area contributed by atoms with Gasteiger partial charge in [-0.15, -0.1) is 0 Å². The van der Waals surface area contributed by atoms with Crippen molar-refractivity contribution in [1.82, 2.24) is 5.32 Å². The molecule has 0 atom stereocenters. The summed E-state index contributed by atoms with van der Waals surface area (Å²) < 4.78 is 6.25. The minimum absolute atomic E-state index is 0.000663. The van der Waals surface area contributed by atoms with Gasteiger partial charge in [-0.25, -0.2) is 9.59 Å². The summed E-state index contributed by atoms with van der Waals surface area (Å²) in [5.74, 6) is -1.12. The van der Waals surface area contributed by atoms with Crippen LogP contribution in [0, 0.1) is 0 Å². The van der Waals surface area contributed by atoms with E-state index < -0.39 is 12.0 Å². The molecule has 0 saturated heterocycles.